The van der Waals surface area contributed by atoms with Crippen LogP contribution in [-0.2, 0) is 14.3 Å². The molecule has 1 heterocycles. The first-order chi connectivity index (χ1) is 6.22. The average molecular weight is 184 g/mol. The van der Waals surface area contributed by atoms with E-state index in [-0.39, 0.29) is 5.92 Å². The van der Waals surface area contributed by atoms with Crippen molar-refractivity contribution in [2.24, 2.45) is 5.92 Å². The largest absolute Gasteiger partial charge is 0.348 e. The SMILES string of the molecule is CC1CCC2(CCC1=O)OCCO2. The summed E-state index contributed by atoms with van der Waals surface area (Å²) < 4.78 is 11.2. The van der Waals surface area contributed by atoms with Crippen LogP contribution in [0.4, 0.5) is 0 Å². The quantitative estimate of drug-likeness (QED) is 0.572. The predicted octanol–water partition coefficient (Wildman–Crippen LogP) is 1.51. The molecule has 2 fully saturated rings. The van der Waals surface area contributed by atoms with Gasteiger partial charge < -0.3 is 9.47 Å². The summed E-state index contributed by atoms with van der Waals surface area (Å²) in [4.78, 5) is 11.4. The third kappa shape index (κ3) is 1.76. The molecule has 3 heteroatoms. The molecule has 1 atom stereocenters. The van der Waals surface area contributed by atoms with Crippen molar-refractivity contribution in [2.45, 2.75) is 38.4 Å². The van der Waals surface area contributed by atoms with Gasteiger partial charge >= 0.3 is 0 Å². The van der Waals surface area contributed by atoms with Gasteiger partial charge in [-0.05, 0) is 6.42 Å². The maximum atomic E-state index is 11.4. The first kappa shape index (κ1) is 9.16. The third-order valence-corrected chi connectivity index (χ3v) is 3.07. The van der Waals surface area contributed by atoms with Gasteiger partial charge in [-0.2, -0.15) is 0 Å². The zero-order valence-electron chi connectivity index (χ0n) is 8.04. The third-order valence-electron chi connectivity index (χ3n) is 3.07. The summed E-state index contributed by atoms with van der Waals surface area (Å²) in [5.74, 6) is 0.142. The molecule has 3 nitrogen and oxygen atoms in total. The molecule has 1 saturated carbocycles. The summed E-state index contributed by atoms with van der Waals surface area (Å²) in [6, 6.07) is 0. The Morgan fingerprint density at radius 1 is 1.31 bits per heavy atom. The highest BCUT2D eigenvalue weighted by molar-refractivity contribution is 5.80. The van der Waals surface area contributed by atoms with Crippen LogP contribution in [0.5, 0.6) is 0 Å². The molecule has 0 radical (unpaired) electrons. The molecule has 0 N–H and O–H groups in total. The fourth-order valence-corrected chi connectivity index (χ4v) is 2.07. The van der Waals surface area contributed by atoms with Gasteiger partial charge in [0.25, 0.3) is 0 Å². The van der Waals surface area contributed by atoms with E-state index < -0.39 is 5.79 Å². The van der Waals surface area contributed by atoms with Crippen molar-refractivity contribution in [2.75, 3.05) is 13.2 Å². The topological polar surface area (TPSA) is 35.5 Å². The lowest BCUT2D eigenvalue weighted by Crippen LogP contribution is -2.29. The highest BCUT2D eigenvalue weighted by Crippen LogP contribution is 2.35. The highest BCUT2D eigenvalue weighted by atomic mass is 16.7. The van der Waals surface area contributed by atoms with E-state index in [0.29, 0.717) is 25.4 Å². The van der Waals surface area contributed by atoms with Crippen LogP contribution in [0.1, 0.15) is 32.6 Å². The zero-order valence-corrected chi connectivity index (χ0v) is 8.04. The van der Waals surface area contributed by atoms with Gasteiger partial charge in [0.2, 0.25) is 0 Å². The molecular formula is C10H16O3. The monoisotopic (exact) mass is 184 g/mol. The minimum atomic E-state index is -0.402. The molecule has 0 aromatic carbocycles. The van der Waals surface area contributed by atoms with Crippen LogP contribution in [0.2, 0.25) is 0 Å². The van der Waals surface area contributed by atoms with Crippen LogP contribution in [0.15, 0.2) is 0 Å². The molecule has 1 aliphatic heterocycles. The van der Waals surface area contributed by atoms with Crippen LogP contribution in [0.25, 0.3) is 0 Å². The van der Waals surface area contributed by atoms with Crippen molar-refractivity contribution < 1.29 is 14.3 Å². The summed E-state index contributed by atoms with van der Waals surface area (Å²) in [5.41, 5.74) is 0. The second-order valence-corrected chi connectivity index (χ2v) is 4.01. The Morgan fingerprint density at radius 2 is 2.00 bits per heavy atom. The van der Waals surface area contributed by atoms with Crippen molar-refractivity contribution in [1.82, 2.24) is 0 Å². The molecule has 0 aromatic rings. The maximum absolute atomic E-state index is 11.4. The van der Waals surface area contributed by atoms with Gasteiger partial charge in [-0.25, -0.2) is 0 Å². The molecule has 1 unspecified atom stereocenters. The maximum Gasteiger partial charge on any atom is 0.168 e. The standard InChI is InChI=1S/C10H16O3/c1-8-2-4-10(5-3-9(8)11)12-6-7-13-10/h8H,2-7H2,1H3. The number of hydrogen-bond donors (Lipinski definition) is 0. The molecular weight excluding hydrogens is 168 g/mol. The van der Waals surface area contributed by atoms with E-state index in [9.17, 15) is 4.79 Å². The Hall–Kier alpha value is -0.410. The second kappa shape index (κ2) is 3.39. The van der Waals surface area contributed by atoms with E-state index in [0.717, 1.165) is 19.3 Å². The van der Waals surface area contributed by atoms with Crippen LogP contribution in [0.3, 0.4) is 0 Å². The van der Waals surface area contributed by atoms with Gasteiger partial charge in [-0.3, -0.25) is 4.79 Å². The average Bonchev–Trinajstić information content (AvgIpc) is 2.54. The Bertz CT molecular complexity index is 206. The van der Waals surface area contributed by atoms with E-state index in [1.54, 1.807) is 0 Å². The summed E-state index contributed by atoms with van der Waals surface area (Å²) in [7, 11) is 0. The minimum absolute atomic E-state index is 0.187. The van der Waals surface area contributed by atoms with Crippen molar-refractivity contribution >= 4 is 5.78 Å². The van der Waals surface area contributed by atoms with Crippen LogP contribution in [0, 0.1) is 5.92 Å². The fraction of sp³-hybridized carbons (Fsp3) is 0.900. The molecule has 0 amide bonds. The number of Topliss-reactive ketones (excluding diaryl/α,β-unsaturated/α-hetero) is 1. The molecule has 1 spiro atoms. The number of ether oxygens (including phenoxy) is 2. The molecule has 1 saturated heterocycles. The van der Waals surface area contributed by atoms with Gasteiger partial charge in [0.1, 0.15) is 5.78 Å². The van der Waals surface area contributed by atoms with Gasteiger partial charge in [-0.1, -0.05) is 6.92 Å². The Balaban J connectivity index is 2.04. The van der Waals surface area contributed by atoms with Crippen LogP contribution >= 0.6 is 0 Å². The molecule has 2 rings (SSSR count). The molecule has 0 aromatic heterocycles. The van der Waals surface area contributed by atoms with Crippen molar-refractivity contribution in [1.29, 1.82) is 0 Å². The summed E-state index contributed by atoms with van der Waals surface area (Å²) in [6.07, 6.45) is 3.14. The number of carbonyl (C=O) groups excluding carboxylic acids is 1. The van der Waals surface area contributed by atoms with Gasteiger partial charge in [0.15, 0.2) is 5.79 Å². The minimum Gasteiger partial charge on any atom is -0.348 e. The number of hydrogen-bond acceptors (Lipinski definition) is 3. The lowest BCUT2D eigenvalue weighted by Gasteiger charge is -2.24. The fourth-order valence-electron chi connectivity index (χ4n) is 2.07. The lowest BCUT2D eigenvalue weighted by atomic mass is 10.0. The molecule has 0 bridgehead atoms. The van der Waals surface area contributed by atoms with Gasteiger partial charge in [0, 0.05) is 25.2 Å². The van der Waals surface area contributed by atoms with Crippen molar-refractivity contribution in [3.63, 3.8) is 0 Å². The van der Waals surface area contributed by atoms with Gasteiger partial charge in [0.05, 0.1) is 13.2 Å². The second-order valence-electron chi connectivity index (χ2n) is 4.01. The van der Waals surface area contributed by atoms with E-state index in [1.165, 1.54) is 0 Å². The van der Waals surface area contributed by atoms with E-state index in [4.69, 9.17) is 9.47 Å². The van der Waals surface area contributed by atoms with Crippen LogP contribution in [-0.4, -0.2) is 24.8 Å². The zero-order chi connectivity index (χ0) is 9.31. The smallest absolute Gasteiger partial charge is 0.168 e. The summed E-state index contributed by atoms with van der Waals surface area (Å²) in [6.45, 7) is 3.36. The lowest BCUT2D eigenvalue weighted by molar-refractivity contribution is -0.166. The summed E-state index contributed by atoms with van der Waals surface area (Å²) >= 11 is 0. The number of ketones is 1. The predicted molar refractivity (Wildman–Crippen MR) is 47.3 cm³/mol. The molecule has 74 valence electrons. The van der Waals surface area contributed by atoms with Crippen LogP contribution < -0.4 is 0 Å². The van der Waals surface area contributed by atoms with E-state index >= 15 is 0 Å². The van der Waals surface area contributed by atoms with Gasteiger partial charge in [-0.15, -0.1) is 0 Å². The molecule has 13 heavy (non-hydrogen) atoms. The van der Waals surface area contributed by atoms with Crippen molar-refractivity contribution in [3.8, 4) is 0 Å². The number of carbonyl (C=O) groups is 1. The first-order valence-corrected chi connectivity index (χ1v) is 5.02. The highest BCUT2D eigenvalue weighted by Gasteiger charge is 2.39. The normalized spacial score (nSPS) is 33.6. The first-order valence-electron chi connectivity index (χ1n) is 5.02. The Kier molecular flexibility index (Phi) is 2.39. The Labute approximate surface area is 78.4 Å². The van der Waals surface area contributed by atoms with E-state index in [1.807, 2.05) is 6.92 Å². The molecule has 2 aliphatic rings. The van der Waals surface area contributed by atoms with E-state index in [2.05, 4.69) is 0 Å². The Morgan fingerprint density at radius 3 is 2.69 bits per heavy atom. The molecule has 1 aliphatic carbocycles. The van der Waals surface area contributed by atoms with Crippen molar-refractivity contribution in [3.05, 3.63) is 0 Å². The number of rotatable bonds is 0. The summed E-state index contributed by atoms with van der Waals surface area (Å²) in [5, 5.41) is 0.